The van der Waals surface area contributed by atoms with Gasteiger partial charge in [0.25, 0.3) is 0 Å². The van der Waals surface area contributed by atoms with Crippen molar-refractivity contribution in [2.75, 3.05) is 5.32 Å². The summed E-state index contributed by atoms with van der Waals surface area (Å²) in [5, 5.41) is 4.47. The average Bonchev–Trinajstić information content (AvgIpc) is 2.34. The first-order chi connectivity index (χ1) is 8.22. The predicted molar refractivity (Wildman–Crippen MR) is 75.2 cm³/mol. The minimum absolute atomic E-state index is 0.608. The lowest BCUT2D eigenvalue weighted by Crippen LogP contribution is -1.96. The Kier molecular flexibility index (Phi) is 3.93. The molecule has 2 aromatic rings. The van der Waals surface area contributed by atoms with Crippen LogP contribution in [0.3, 0.4) is 0 Å². The Morgan fingerprint density at radius 2 is 1.59 bits per heavy atom. The van der Waals surface area contributed by atoms with Crippen LogP contribution in [0.25, 0.3) is 0 Å². The smallest absolute Gasteiger partial charge is 0.0762 e. The molecule has 0 fully saturated rings. The Morgan fingerprint density at radius 3 is 2.24 bits per heavy atom. The Hall–Kier alpha value is -1.18. The minimum Gasteiger partial charge on any atom is -0.353 e. The summed E-state index contributed by atoms with van der Waals surface area (Å²) in [6.07, 6.45) is 0.714. The molecule has 0 heterocycles. The molecule has 0 saturated carbocycles. The highest BCUT2D eigenvalue weighted by Crippen LogP contribution is 2.33. The van der Waals surface area contributed by atoms with Crippen molar-refractivity contribution in [3.8, 4) is 0 Å². The molecule has 0 saturated heterocycles. The lowest BCUT2D eigenvalue weighted by Gasteiger charge is -2.13. The van der Waals surface area contributed by atoms with Crippen LogP contribution in [0.4, 0.5) is 11.4 Å². The van der Waals surface area contributed by atoms with Crippen molar-refractivity contribution in [2.45, 2.75) is 6.42 Å². The van der Waals surface area contributed by atoms with E-state index in [1.54, 1.807) is 0 Å². The van der Waals surface area contributed by atoms with Gasteiger partial charge in [-0.3, -0.25) is 0 Å². The average molecular weight is 265 g/mol. The van der Waals surface area contributed by atoms with Gasteiger partial charge in [-0.25, -0.2) is 0 Å². The van der Waals surface area contributed by atoms with Gasteiger partial charge in [-0.15, -0.1) is 0 Å². The molecule has 17 heavy (non-hydrogen) atoms. The maximum absolute atomic E-state index is 6.11. The molecule has 0 atom stereocenters. The Bertz CT molecular complexity index is 503. The van der Waals surface area contributed by atoms with Crippen LogP contribution in [-0.4, -0.2) is 0 Å². The highest BCUT2D eigenvalue weighted by molar-refractivity contribution is 6.39. The molecule has 0 spiro atoms. The van der Waals surface area contributed by atoms with Crippen LogP contribution >= 0.6 is 23.2 Å². The zero-order valence-electron chi connectivity index (χ0n) is 9.21. The molecule has 1 N–H and O–H groups in total. The number of anilines is 2. The third kappa shape index (κ3) is 2.74. The van der Waals surface area contributed by atoms with E-state index in [-0.39, 0.29) is 0 Å². The number of para-hydroxylation sites is 2. The fourth-order valence-electron chi connectivity index (χ4n) is 1.61. The number of rotatable bonds is 3. The van der Waals surface area contributed by atoms with Crippen LogP contribution in [0, 0.1) is 6.92 Å². The van der Waals surface area contributed by atoms with Crippen LogP contribution in [-0.2, 0) is 6.42 Å². The van der Waals surface area contributed by atoms with E-state index in [0.29, 0.717) is 16.5 Å². The summed E-state index contributed by atoms with van der Waals surface area (Å²) in [7, 11) is 0. The maximum atomic E-state index is 6.11. The van der Waals surface area contributed by atoms with E-state index in [1.807, 2.05) is 42.5 Å². The summed E-state index contributed by atoms with van der Waals surface area (Å²) in [4.78, 5) is 0. The van der Waals surface area contributed by atoms with E-state index in [0.717, 1.165) is 16.9 Å². The van der Waals surface area contributed by atoms with Gasteiger partial charge in [0, 0.05) is 5.69 Å². The summed E-state index contributed by atoms with van der Waals surface area (Å²) < 4.78 is 0. The Labute approximate surface area is 111 Å². The molecule has 87 valence electrons. The van der Waals surface area contributed by atoms with Gasteiger partial charge in [-0.05, 0) is 37.1 Å². The molecule has 2 aromatic carbocycles. The second-order valence-electron chi connectivity index (χ2n) is 3.63. The molecule has 2 rings (SSSR count). The summed E-state index contributed by atoms with van der Waals surface area (Å²) in [5.74, 6) is 0. The van der Waals surface area contributed by atoms with Crippen LogP contribution < -0.4 is 5.32 Å². The fraction of sp³-hybridized carbons (Fsp3) is 0.0714. The third-order valence-electron chi connectivity index (χ3n) is 2.51. The summed E-state index contributed by atoms with van der Waals surface area (Å²) in [6.45, 7) is 3.90. The van der Waals surface area contributed by atoms with E-state index < -0.39 is 0 Å². The molecular formula is C14H12Cl2N. The summed E-state index contributed by atoms with van der Waals surface area (Å²) in [6, 6.07) is 13.4. The van der Waals surface area contributed by atoms with Gasteiger partial charge in [0.05, 0.1) is 15.7 Å². The SMILES string of the molecule is [CH2]Cc1ccccc1Nc1c(Cl)cccc1Cl. The number of nitrogens with one attached hydrogen (secondary N) is 1. The van der Waals surface area contributed by atoms with Crippen LogP contribution in [0.2, 0.25) is 10.0 Å². The van der Waals surface area contributed by atoms with Crippen molar-refractivity contribution >= 4 is 34.6 Å². The van der Waals surface area contributed by atoms with Crippen molar-refractivity contribution < 1.29 is 0 Å². The number of hydrogen-bond donors (Lipinski definition) is 1. The first-order valence-corrected chi connectivity index (χ1v) is 6.06. The Balaban J connectivity index is 2.38. The van der Waals surface area contributed by atoms with Gasteiger partial charge in [0.2, 0.25) is 0 Å². The fourth-order valence-corrected chi connectivity index (χ4v) is 2.10. The molecule has 0 aromatic heterocycles. The van der Waals surface area contributed by atoms with Crippen molar-refractivity contribution in [2.24, 2.45) is 0 Å². The normalized spacial score (nSPS) is 10.3. The quantitative estimate of drug-likeness (QED) is 0.812. The summed E-state index contributed by atoms with van der Waals surface area (Å²) >= 11 is 12.2. The lowest BCUT2D eigenvalue weighted by atomic mass is 10.1. The highest BCUT2D eigenvalue weighted by Gasteiger charge is 2.07. The first-order valence-electron chi connectivity index (χ1n) is 5.30. The van der Waals surface area contributed by atoms with Crippen LogP contribution in [0.15, 0.2) is 42.5 Å². The molecule has 0 aliphatic heterocycles. The number of benzene rings is 2. The van der Waals surface area contributed by atoms with Gasteiger partial charge >= 0.3 is 0 Å². The summed E-state index contributed by atoms with van der Waals surface area (Å²) in [5.41, 5.74) is 2.85. The van der Waals surface area contributed by atoms with Gasteiger partial charge in [-0.2, -0.15) is 0 Å². The molecule has 0 amide bonds. The molecule has 1 nitrogen and oxygen atoms in total. The van der Waals surface area contributed by atoms with E-state index in [1.165, 1.54) is 0 Å². The van der Waals surface area contributed by atoms with Gasteiger partial charge in [0.1, 0.15) is 0 Å². The monoisotopic (exact) mass is 264 g/mol. The molecule has 0 bridgehead atoms. The number of halogens is 2. The second kappa shape index (κ2) is 5.44. The maximum Gasteiger partial charge on any atom is 0.0762 e. The second-order valence-corrected chi connectivity index (χ2v) is 4.44. The topological polar surface area (TPSA) is 12.0 Å². The molecule has 1 radical (unpaired) electrons. The largest absolute Gasteiger partial charge is 0.353 e. The molecule has 0 aliphatic carbocycles. The third-order valence-corrected chi connectivity index (χ3v) is 3.14. The van der Waals surface area contributed by atoms with Gasteiger partial charge in [-0.1, -0.05) is 47.5 Å². The lowest BCUT2D eigenvalue weighted by molar-refractivity contribution is 1.27. The van der Waals surface area contributed by atoms with Crippen molar-refractivity contribution in [3.63, 3.8) is 0 Å². The Morgan fingerprint density at radius 1 is 0.941 bits per heavy atom. The van der Waals surface area contributed by atoms with Gasteiger partial charge in [0.15, 0.2) is 0 Å². The van der Waals surface area contributed by atoms with E-state index >= 15 is 0 Å². The zero-order valence-corrected chi connectivity index (χ0v) is 10.7. The van der Waals surface area contributed by atoms with Crippen molar-refractivity contribution in [1.29, 1.82) is 0 Å². The number of hydrogen-bond acceptors (Lipinski definition) is 1. The van der Waals surface area contributed by atoms with Gasteiger partial charge < -0.3 is 5.32 Å². The van der Waals surface area contributed by atoms with Crippen LogP contribution in [0.5, 0.6) is 0 Å². The van der Waals surface area contributed by atoms with E-state index in [9.17, 15) is 0 Å². The van der Waals surface area contributed by atoms with E-state index in [4.69, 9.17) is 23.2 Å². The predicted octanol–water partition coefficient (Wildman–Crippen LogP) is 5.11. The minimum atomic E-state index is 0.608. The van der Waals surface area contributed by atoms with Crippen molar-refractivity contribution in [3.05, 3.63) is 65.0 Å². The van der Waals surface area contributed by atoms with Crippen LogP contribution in [0.1, 0.15) is 5.56 Å². The molecular weight excluding hydrogens is 253 g/mol. The van der Waals surface area contributed by atoms with E-state index in [2.05, 4.69) is 12.2 Å². The zero-order chi connectivity index (χ0) is 12.3. The van der Waals surface area contributed by atoms with Crippen molar-refractivity contribution in [1.82, 2.24) is 0 Å². The molecule has 3 heteroatoms. The highest BCUT2D eigenvalue weighted by atomic mass is 35.5. The molecule has 0 aliphatic rings. The first kappa shape index (κ1) is 12.3. The standard InChI is InChI=1S/C14H12Cl2N/c1-2-10-6-3-4-9-13(10)17-14-11(15)7-5-8-12(14)16/h3-9,17H,1-2H2. The molecule has 0 unspecified atom stereocenters.